The third kappa shape index (κ3) is 5.98. The van der Waals surface area contributed by atoms with Gasteiger partial charge in [0.2, 0.25) is 5.91 Å². The summed E-state index contributed by atoms with van der Waals surface area (Å²) >= 11 is 9.31. The van der Waals surface area contributed by atoms with Crippen molar-refractivity contribution in [2.45, 2.75) is 55.3 Å². The van der Waals surface area contributed by atoms with Gasteiger partial charge in [0.05, 0.1) is 30.4 Å². The first kappa shape index (κ1) is 26.8. The van der Waals surface area contributed by atoms with E-state index in [1.807, 2.05) is 32.9 Å². The maximum Gasteiger partial charge on any atom is 0.409 e. The molecule has 2 aliphatic heterocycles. The molecule has 1 fully saturated rings. The second-order valence-electron chi connectivity index (χ2n) is 10.00. The predicted octanol–water partition coefficient (Wildman–Crippen LogP) is 4.92. The lowest BCUT2D eigenvalue weighted by Gasteiger charge is -2.25. The highest BCUT2D eigenvalue weighted by Crippen LogP contribution is 2.47. The standard InChI is InChI=1S/C25H30ClN3O5S2/c1-24(2,3)34-21(31)7-10-35-22-13-27-19(36-22)12-20(30)29-15-25(8-9-28(14-25)23(32)33-4)17-11-16(26)5-6-18(17)29/h5-6,11,13H,7-10,12,14-15H2,1-4H3/t25-/m1/s1. The van der Waals surface area contributed by atoms with Gasteiger partial charge >= 0.3 is 12.1 Å². The van der Waals surface area contributed by atoms with Gasteiger partial charge in [0.15, 0.2) is 0 Å². The fourth-order valence-corrected chi connectivity index (χ4v) is 6.85. The Balaban J connectivity index is 1.40. The zero-order valence-electron chi connectivity index (χ0n) is 20.8. The number of rotatable bonds is 6. The molecule has 0 N–H and O–H groups in total. The number of halogens is 1. The Labute approximate surface area is 224 Å². The van der Waals surface area contributed by atoms with Gasteiger partial charge in [-0.05, 0) is 51.0 Å². The zero-order valence-corrected chi connectivity index (χ0v) is 23.2. The molecule has 8 nitrogen and oxygen atoms in total. The van der Waals surface area contributed by atoms with Crippen molar-refractivity contribution >= 4 is 58.4 Å². The van der Waals surface area contributed by atoms with E-state index in [2.05, 4.69) is 4.98 Å². The molecule has 2 aromatic rings. The summed E-state index contributed by atoms with van der Waals surface area (Å²) in [5.41, 5.74) is 0.968. The van der Waals surface area contributed by atoms with Crippen LogP contribution in [0.15, 0.2) is 28.6 Å². The molecule has 11 heteroatoms. The molecule has 1 atom stereocenters. The van der Waals surface area contributed by atoms with Crippen molar-refractivity contribution in [1.29, 1.82) is 0 Å². The van der Waals surface area contributed by atoms with Gasteiger partial charge in [0.25, 0.3) is 0 Å². The van der Waals surface area contributed by atoms with E-state index in [1.165, 1.54) is 30.2 Å². The van der Waals surface area contributed by atoms with E-state index in [9.17, 15) is 14.4 Å². The number of carbonyl (C=O) groups excluding carboxylic acids is 3. The average Bonchev–Trinajstić information content (AvgIpc) is 3.51. The Hall–Kier alpha value is -2.30. The number of benzene rings is 1. The lowest BCUT2D eigenvalue weighted by molar-refractivity contribution is -0.154. The Morgan fingerprint density at radius 1 is 1.25 bits per heavy atom. The van der Waals surface area contributed by atoms with Crippen LogP contribution in [0.1, 0.15) is 44.2 Å². The summed E-state index contributed by atoms with van der Waals surface area (Å²) in [6.45, 7) is 7.08. The van der Waals surface area contributed by atoms with E-state index in [0.29, 0.717) is 36.8 Å². The lowest BCUT2D eigenvalue weighted by atomic mass is 9.81. The van der Waals surface area contributed by atoms with Crippen LogP contribution in [0.5, 0.6) is 0 Å². The van der Waals surface area contributed by atoms with Gasteiger partial charge in [-0.2, -0.15) is 0 Å². The number of hydrogen-bond acceptors (Lipinski definition) is 8. The number of aromatic nitrogens is 1. The molecule has 3 heterocycles. The molecule has 1 aromatic carbocycles. The second kappa shape index (κ2) is 10.6. The number of ether oxygens (including phenoxy) is 2. The number of methoxy groups -OCH3 is 1. The smallest absolute Gasteiger partial charge is 0.409 e. The summed E-state index contributed by atoms with van der Waals surface area (Å²) < 4.78 is 11.2. The molecule has 194 valence electrons. The van der Waals surface area contributed by atoms with E-state index in [0.717, 1.165) is 26.9 Å². The van der Waals surface area contributed by atoms with Gasteiger partial charge in [-0.15, -0.1) is 23.1 Å². The Bertz CT molecular complexity index is 1160. The van der Waals surface area contributed by atoms with Crippen LogP contribution < -0.4 is 4.90 Å². The highest BCUT2D eigenvalue weighted by Gasteiger charge is 2.50. The van der Waals surface area contributed by atoms with Gasteiger partial charge in [-0.25, -0.2) is 9.78 Å². The molecule has 1 spiro atoms. The van der Waals surface area contributed by atoms with Crippen molar-refractivity contribution in [2.24, 2.45) is 0 Å². The number of hydrogen-bond donors (Lipinski definition) is 0. The second-order valence-corrected chi connectivity index (χ2v) is 12.9. The normalized spacial score (nSPS) is 19.0. The Morgan fingerprint density at radius 3 is 2.75 bits per heavy atom. The van der Waals surface area contributed by atoms with Crippen LogP contribution in [0.2, 0.25) is 5.02 Å². The highest BCUT2D eigenvalue weighted by atomic mass is 35.5. The van der Waals surface area contributed by atoms with Crippen molar-refractivity contribution in [2.75, 3.05) is 37.4 Å². The van der Waals surface area contributed by atoms with E-state index in [-0.39, 0.29) is 29.8 Å². The molecule has 0 aliphatic carbocycles. The summed E-state index contributed by atoms with van der Waals surface area (Å²) in [4.78, 5) is 45.4. The minimum Gasteiger partial charge on any atom is -0.460 e. The average molecular weight is 552 g/mol. The van der Waals surface area contributed by atoms with Gasteiger partial charge in [0.1, 0.15) is 10.6 Å². The predicted molar refractivity (Wildman–Crippen MR) is 141 cm³/mol. The number of likely N-dealkylation sites (tertiary alicyclic amines) is 1. The van der Waals surface area contributed by atoms with Gasteiger partial charge in [-0.1, -0.05) is 11.6 Å². The number of fused-ring (bicyclic) bond motifs is 2. The van der Waals surface area contributed by atoms with Crippen LogP contribution in [0, 0.1) is 0 Å². The fraction of sp³-hybridized carbons (Fsp3) is 0.520. The van der Waals surface area contributed by atoms with Crippen LogP contribution >= 0.6 is 34.7 Å². The van der Waals surface area contributed by atoms with Crippen LogP contribution in [-0.2, 0) is 30.9 Å². The minimum absolute atomic E-state index is 0.0494. The molecule has 36 heavy (non-hydrogen) atoms. The Morgan fingerprint density at radius 2 is 2.03 bits per heavy atom. The number of thioether (sulfide) groups is 1. The topological polar surface area (TPSA) is 89.0 Å². The van der Waals surface area contributed by atoms with Crippen molar-refractivity contribution in [1.82, 2.24) is 9.88 Å². The summed E-state index contributed by atoms with van der Waals surface area (Å²) in [5, 5.41) is 1.32. The van der Waals surface area contributed by atoms with E-state index < -0.39 is 5.60 Å². The molecule has 2 aliphatic rings. The summed E-state index contributed by atoms with van der Waals surface area (Å²) in [6, 6.07) is 5.58. The van der Waals surface area contributed by atoms with Crippen LogP contribution in [0.25, 0.3) is 0 Å². The summed E-state index contributed by atoms with van der Waals surface area (Å²) in [7, 11) is 1.38. The zero-order chi connectivity index (χ0) is 26.1. The highest BCUT2D eigenvalue weighted by molar-refractivity contribution is 8.01. The first-order chi connectivity index (χ1) is 17.0. The molecular weight excluding hydrogens is 522 g/mol. The van der Waals surface area contributed by atoms with Gasteiger partial charge < -0.3 is 19.3 Å². The molecule has 2 amide bonds. The number of nitrogens with zero attached hydrogens (tertiary/aromatic N) is 3. The van der Waals surface area contributed by atoms with Gasteiger partial charge in [0, 0.05) is 41.5 Å². The lowest BCUT2D eigenvalue weighted by Crippen LogP contribution is -2.40. The van der Waals surface area contributed by atoms with E-state index >= 15 is 0 Å². The van der Waals surface area contributed by atoms with Crippen molar-refractivity contribution < 1.29 is 23.9 Å². The van der Waals surface area contributed by atoms with E-state index in [4.69, 9.17) is 21.1 Å². The minimum atomic E-state index is -0.492. The summed E-state index contributed by atoms with van der Waals surface area (Å²) in [5.74, 6) is 0.310. The number of anilines is 1. The molecule has 0 unspecified atom stereocenters. The van der Waals surface area contributed by atoms with Crippen LogP contribution in [-0.4, -0.2) is 66.0 Å². The quantitative estimate of drug-likeness (QED) is 0.372. The molecule has 0 saturated carbocycles. The van der Waals surface area contributed by atoms with Crippen LogP contribution in [0.4, 0.5) is 10.5 Å². The van der Waals surface area contributed by atoms with Crippen LogP contribution in [0.3, 0.4) is 0 Å². The molecule has 0 radical (unpaired) electrons. The van der Waals surface area contributed by atoms with E-state index in [1.54, 1.807) is 22.1 Å². The van der Waals surface area contributed by atoms with Crippen molar-refractivity contribution in [3.8, 4) is 0 Å². The molecule has 4 rings (SSSR count). The van der Waals surface area contributed by atoms with Crippen molar-refractivity contribution in [3.63, 3.8) is 0 Å². The molecule has 0 bridgehead atoms. The summed E-state index contributed by atoms with van der Waals surface area (Å²) in [6.07, 6.45) is 2.61. The maximum atomic E-state index is 13.4. The molecule has 1 saturated heterocycles. The number of amides is 2. The number of esters is 1. The Kier molecular flexibility index (Phi) is 7.87. The third-order valence-electron chi connectivity index (χ3n) is 6.17. The molecule has 1 aromatic heterocycles. The number of carbonyl (C=O) groups is 3. The fourth-order valence-electron chi connectivity index (χ4n) is 4.66. The largest absolute Gasteiger partial charge is 0.460 e. The first-order valence-electron chi connectivity index (χ1n) is 11.7. The van der Waals surface area contributed by atoms with Crippen molar-refractivity contribution in [3.05, 3.63) is 40.0 Å². The SMILES string of the molecule is COC(=O)N1CC[C@@]2(C1)CN(C(=O)Cc1ncc(SCCC(=O)OC(C)(C)C)s1)c1ccc(Cl)cc12. The van der Waals surface area contributed by atoms with Gasteiger partial charge in [-0.3, -0.25) is 9.59 Å². The maximum absolute atomic E-state index is 13.4. The molecular formula is C25H30ClN3O5S2. The first-order valence-corrected chi connectivity index (χ1v) is 13.9. The number of thiazole rings is 1. The third-order valence-corrected chi connectivity index (χ3v) is 8.60. The monoisotopic (exact) mass is 551 g/mol.